The van der Waals surface area contributed by atoms with Gasteiger partial charge >= 0.3 is 0 Å². The first-order valence-electron chi connectivity index (χ1n) is 5.87. The Balaban J connectivity index is 2.72. The number of nitrogens with one attached hydrogen (secondary N) is 1. The van der Waals surface area contributed by atoms with Crippen molar-refractivity contribution in [2.75, 3.05) is 20.3 Å². The number of amides is 1. The third-order valence-corrected chi connectivity index (χ3v) is 3.88. The van der Waals surface area contributed by atoms with Gasteiger partial charge in [-0.25, -0.2) is 12.8 Å². The molecule has 0 aliphatic heterocycles. The molecule has 0 unspecified atom stereocenters. The average Bonchev–Trinajstić information content (AvgIpc) is 2.37. The van der Waals surface area contributed by atoms with Gasteiger partial charge in [0.05, 0.1) is 10.5 Å². The van der Waals surface area contributed by atoms with Crippen LogP contribution in [0.5, 0.6) is 0 Å². The molecule has 0 heterocycles. The van der Waals surface area contributed by atoms with Crippen molar-refractivity contribution in [3.63, 3.8) is 0 Å². The SMILES string of the molecule is COCCCCNC(=O)c1cc(S(=O)(=O)Cl)ccc1F. The highest BCUT2D eigenvalue weighted by molar-refractivity contribution is 8.13. The molecular weight excluding hydrogens is 309 g/mol. The second-order valence-electron chi connectivity index (χ2n) is 4.04. The maximum Gasteiger partial charge on any atom is 0.261 e. The van der Waals surface area contributed by atoms with Gasteiger partial charge in [0.15, 0.2) is 0 Å². The fourth-order valence-corrected chi connectivity index (χ4v) is 2.28. The number of unbranched alkanes of at least 4 members (excludes halogenated alkanes) is 1. The van der Waals surface area contributed by atoms with Gasteiger partial charge in [-0.15, -0.1) is 0 Å². The lowest BCUT2D eigenvalue weighted by atomic mass is 10.2. The number of hydrogen-bond donors (Lipinski definition) is 1. The summed E-state index contributed by atoms with van der Waals surface area (Å²) in [5.41, 5.74) is -0.349. The van der Waals surface area contributed by atoms with E-state index in [0.717, 1.165) is 24.6 Å². The van der Waals surface area contributed by atoms with Crippen molar-refractivity contribution in [1.29, 1.82) is 0 Å². The van der Waals surface area contributed by atoms with Crippen LogP contribution in [0.15, 0.2) is 23.1 Å². The van der Waals surface area contributed by atoms with E-state index in [-0.39, 0.29) is 10.5 Å². The van der Waals surface area contributed by atoms with Crippen LogP contribution in [-0.4, -0.2) is 34.6 Å². The minimum atomic E-state index is -4.00. The standard InChI is InChI=1S/C12H15ClFNO4S/c1-19-7-3-2-6-15-12(16)10-8-9(20(13,17)18)4-5-11(10)14/h4-5,8H,2-3,6-7H2,1H3,(H,15,16). The molecule has 0 atom stereocenters. The van der Waals surface area contributed by atoms with Crippen LogP contribution in [0.4, 0.5) is 4.39 Å². The molecule has 0 aliphatic rings. The summed E-state index contributed by atoms with van der Waals surface area (Å²) < 4.78 is 40.7. The van der Waals surface area contributed by atoms with E-state index in [4.69, 9.17) is 15.4 Å². The molecule has 0 radical (unpaired) electrons. The van der Waals surface area contributed by atoms with Crippen molar-refractivity contribution < 1.29 is 22.3 Å². The second kappa shape index (κ2) is 7.56. The molecule has 112 valence electrons. The minimum absolute atomic E-state index is 0.315. The molecule has 0 saturated carbocycles. The molecule has 0 saturated heterocycles. The lowest BCUT2D eigenvalue weighted by Crippen LogP contribution is -2.25. The molecule has 1 rings (SSSR count). The predicted octanol–water partition coefficient (Wildman–Crippen LogP) is 1.91. The Labute approximate surface area is 121 Å². The van der Waals surface area contributed by atoms with Crippen molar-refractivity contribution in [2.24, 2.45) is 0 Å². The summed E-state index contributed by atoms with van der Waals surface area (Å²) in [6.07, 6.45) is 1.43. The number of ether oxygens (including phenoxy) is 1. The molecular formula is C12H15ClFNO4S. The first-order valence-corrected chi connectivity index (χ1v) is 8.18. The highest BCUT2D eigenvalue weighted by Gasteiger charge is 2.17. The topological polar surface area (TPSA) is 72.5 Å². The maximum atomic E-state index is 13.5. The molecule has 1 N–H and O–H groups in total. The van der Waals surface area contributed by atoms with E-state index in [2.05, 4.69) is 5.32 Å². The van der Waals surface area contributed by atoms with E-state index in [0.29, 0.717) is 19.6 Å². The zero-order chi connectivity index (χ0) is 15.2. The Kier molecular flexibility index (Phi) is 6.38. The minimum Gasteiger partial charge on any atom is -0.385 e. The normalized spacial score (nSPS) is 11.3. The number of rotatable bonds is 7. The zero-order valence-electron chi connectivity index (χ0n) is 10.9. The largest absolute Gasteiger partial charge is 0.385 e. The van der Waals surface area contributed by atoms with Crippen LogP contribution in [0.3, 0.4) is 0 Å². The smallest absolute Gasteiger partial charge is 0.261 e. The fourth-order valence-electron chi connectivity index (χ4n) is 1.50. The Bertz CT molecular complexity index is 577. The lowest BCUT2D eigenvalue weighted by Gasteiger charge is -2.07. The van der Waals surface area contributed by atoms with E-state index in [9.17, 15) is 17.6 Å². The highest BCUT2D eigenvalue weighted by Crippen LogP contribution is 2.18. The van der Waals surface area contributed by atoms with Crippen LogP contribution in [0.1, 0.15) is 23.2 Å². The van der Waals surface area contributed by atoms with Crippen molar-refractivity contribution in [3.8, 4) is 0 Å². The Morgan fingerprint density at radius 1 is 1.40 bits per heavy atom. The fraction of sp³-hybridized carbons (Fsp3) is 0.417. The summed E-state index contributed by atoms with van der Waals surface area (Å²) in [5.74, 6) is -1.48. The van der Waals surface area contributed by atoms with E-state index in [1.807, 2.05) is 0 Å². The van der Waals surface area contributed by atoms with E-state index >= 15 is 0 Å². The summed E-state index contributed by atoms with van der Waals surface area (Å²) in [6.45, 7) is 0.920. The van der Waals surface area contributed by atoms with Crippen LogP contribution in [0.25, 0.3) is 0 Å². The van der Waals surface area contributed by atoms with Crippen LogP contribution >= 0.6 is 10.7 Å². The first kappa shape index (κ1) is 16.9. The van der Waals surface area contributed by atoms with Gasteiger partial charge in [0.1, 0.15) is 5.82 Å². The molecule has 1 aromatic rings. The quantitative estimate of drug-likeness (QED) is 0.614. The van der Waals surface area contributed by atoms with Gasteiger partial charge in [-0.2, -0.15) is 0 Å². The van der Waals surface area contributed by atoms with E-state index in [1.54, 1.807) is 7.11 Å². The molecule has 8 heteroatoms. The van der Waals surface area contributed by atoms with Crippen LogP contribution < -0.4 is 5.32 Å². The highest BCUT2D eigenvalue weighted by atomic mass is 35.7. The number of halogens is 2. The summed E-state index contributed by atoms with van der Waals surface area (Å²) >= 11 is 0. The molecule has 0 fully saturated rings. The van der Waals surface area contributed by atoms with Crippen molar-refractivity contribution >= 4 is 25.6 Å². The Morgan fingerprint density at radius 2 is 2.10 bits per heavy atom. The number of hydrogen-bond acceptors (Lipinski definition) is 4. The molecule has 5 nitrogen and oxygen atoms in total. The summed E-state index contributed by atoms with van der Waals surface area (Å²) in [6, 6.07) is 2.82. The van der Waals surface area contributed by atoms with Crippen molar-refractivity contribution in [2.45, 2.75) is 17.7 Å². The number of carbonyl (C=O) groups is 1. The van der Waals surface area contributed by atoms with E-state index in [1.165, 1.54) is 0 Å². The van der Waals surface area contributed by atoms with Gasteiger partial charge in [-0.1, -0.05) is 0 Å². The lowest BCUT2D eigenvalue weighted by molar-refractivity contribution is 0.0947. The molecule has 0 spiro atoms. The summed E-state index contributed by atoms with van der Waals surface area (Å²) in [4.78, 5) is 11.4. The van der Waals surface area contributed by atoms with E-state index < -0.39 is 20.8 Å². The number of methoxy groups -OCH3 is 1. The Hall–Kier alpha value is -1.18. The monoisotopic (exact) mass is 323 g/mol. The molecule has 1 aromatic carbocycles. The second-order valence-corrected chi connectivity index (χ2v) is 6.60. The first-order chi connectivity index (χ1) is 9.36. The van der Waals surface area contributed by atoms with Gasteiger partial charge in [-0.3, -0.25) is 4.79 Å². The van der Waals surface area contributed by atoms with Gasteiger partial charge in [0.2, 0.25) is 0 Å². The molecule has 0 aliphatic carbocycles. The maximum absolute atomic E-state index is 13.5. The summed E-state index contributed by atoms with van der Waals surface area (Å²) in [7, 11) is 2.73. The van der Waals surface area contributed by atoms with Crippen molar-refractivity contribution in [1.82, 2.24) is 5.32 Å². The van der Waals surface area contributed by atoms with Gasteiger partial charge < -0.3 is 10.1 Å². The molecule has 1 amide bonds. The predicted molar refractivity (Wildman–Crippen MR) is 72.9 cm³/mol. The third-order valence-electron chi connectivity index (χ3n) is 2.52. The van der Waals surface area contributed by atoms with Gasteiger partial charge in [-0.05, 0) is 31.0 Å². The average molecular weight is 324 g/mol. The van der Waals surface area contributed by atoms with Crippen LogP contribution in [0.2, 0.25) is 0 Å². The Morgan fingerprint density at radius 3 is 2.70 bits per heavy atom. The molecule has 0 aromatic heterocycles. The van der Waals surface area contributed by atoms with Crippen LogP contribution in [-0.2, 0) is 13.8 Å². The van der Waals surface area contributed by atoms with Gasteiger partial charge in [0, 0.05) is 30.9 Å². The zero-order valence-corrected chi connectivity index (χ0v) is 12.4. The molecule has 0 bridgehead atoms. The summed E-state index contributed by atoms with van der Waals surface area (Å²) in [5, 5.41) is 2.50. The number of carbonyl (C=O) groups excluding carboxylic acids is 1. The third kappa shape index (κ3) is 5.07. The molecule has 20 heavy (non-hydrogen) atoms. The number of benzene rings is 1. The van der Waals surface area contributed by atoms with Crippen LogP contribution in [0, 0.1) is 5.82 Å². The van der Waals surface area contributed by atoms with Gasteiger partial charge in [0.25, 0.3) is 15.0 Å². The van der Waals surface area contributed by atoms with Crippen molar-refractivity contribution in [3.05, 3.63) is 29.6 Å².